The molecule has 140 valence electrons. The van der Waals surface area contributed by atoms with Crippen LogP contribution in [0.3, 0.4) is 0 Å². The summed E-state index contributed by atoms with van der Waals surface area (Å²) in [4.78, 5) is 0. The first-order valence-electron chi connectivity index (χ1n) is 10.7. The summed E-state index contributed by atoms with van der Waals surface area (Å²) in [7, 11) is 0. The van der Waals surface area contributed by atoms with Crippen molar-refractivity contribution >= 4 is 0 Å². The third-order valence-corrected chi connectivity index (χ3v) is 8.41. The Morgan fingerprint density at radius 1 is 0.667 bits per heavy atom. The smallest absolute Gasteiger partial charge is 0.0540 e. The molecule has 0 amide bonds. The van der Waals surface area contributed by atoms with E-state index in [4.69, 9.17) is 0 Å². The van der Waals surface area contributed by atoms with Crippen LogP contribution in [0.4, 0.5) is 0 Å². The highest BCUT2D eigenvalue weighted by Gasteiger charge is 2.44. The quantitative estimate of drug-likeness (QED) is 0.746. The monoisotopic (exact) mass is 336 g/mol. The summed E-state index contributed by atoms with van der Waals surface area (Å²) in [6, 6.07) is 0. The van der Waals surface area contributed by atoms with E-state index in [1.165, 1.54) is 44.9 Å². The van der Waals surface area contributed by atoms with Gasteiger partial charge in [0.15, 0.2) is 0 Å². The van der Waals surface area contributed by atoms with Crippen molar-refractivity contribution in [1.82, 2.24) is 0 Å². The molecule has 3 atom stereocenters. The highest BCUT2D eigenvalue weighted by molar-refractivity contribution is 4.94. The highest BCUT2D eigenvalue weighted by atomic mass is 16.3. The molecule has 2 N–H and O–H groups in total. The van der Waals surface area contributed by atoms with E-state index in [0.29, 0.717) is 5.41 Å². The molecule has 3 unspecified atom stereocenters. The van der Waals surface area contributed by atoms with Gasteiger partial charge >= 0.3 is 0 Å². The van der Waals surface area contributed by atoms with Crippen LogP contribution in [0.2, 0.25) is 0 Å². The third-order valence-electron chi connectivity index (χ3n) is 8.41. The minimum Gasteiger partial charge on any atom is -0.393 e. The Labute approximate surface area is 149 Å². The predicted molar refractivity (Wildman–Crippen MR) is 99.7 cm³/mol. The zero-order chi connectivity index (χ0) is 17.3. The molecule has 0 aromatic heterocycles. The zero-order valence-corrected chi connectivity index (χ0v) is 16.2. The average molecular weight is 337 g/mol. The van der Waals surface area contributed by atoms with Gasteiger partial charge < -0.3 is 10.2 Å². The lowest BCUT2D eigenvalue weighted by molar-refractivity contribution is -0.0150. The second-order valence-corrected chi connectivity index (χ2v) is 10.0. The maximum Gasteiger partial charge on any atom is 0.0540 e. The van der Waals surface area contributed by atoms with Crippen LogP contribution >= 0.6 is 0 Å². The standard InChI is InChI=1S/C22H40O2/c1-15-4-7-18(14-21(15)16-5-10-19(23)11-6-16)22(2,3)17-8-12-20(24)13-9-17/h15-21,23-24H,4-14H2,1-3H3. The SMILES string of the molecule is CC1CCC(C(C)(C)C2CCC(O)CC2)CC1C1CCC(O)CC1. The van der Waals surface area contributed by atoms with E-state index in [9.17, 15) is 10.2 Å². The van der Waals surface area contributed by atoms with Gasteiger partial charge in [0.1, 0.15) is 0 Å². The molecule has 0 aromatic rings. The molecule has 0 radical (unpaired) electrons. The minimum absolute atomic E-state index is 0.0268. The van der Waals surface area contributed by atoms with Gasteiger partial charge in [-0.2, -0.15) is 0 Å². The summed E-state index contributed by atoms with van der Waals surface area (Å²) in [6.45, 7) is 7.53. The molecule has 0 saturated heterocycles. The van der Waals surface area contributed by atoms with Gasteiger partial charge in [0.25, 0.3) is 0 Å². The van der Waals surface area contributed by atoms with Crippen LogP contribution in [-0.2, 0) is 0 Å². The first-order valence-corrected chi connectivity index (χ1v) is 10.7. The summed E-state index contributed by atoms with van der Waals surface area (Å²) < 4.78 is 0. The van der Waals surface area contributed by atoms with Crippen LogP contribution in [0.25, 0.3) is 0 Å². The minimum atomic E-state index is -0.0372. The predicted octanol–water partition coefficient (Wildman–Crippen LogP) is 5.17. The lowest BCUT2D eigenvalue weighted by Crippen LogP contribution is -2.41. The Kier molecular flexibility index (Phi) is 5.97. The van der Waals surface area contributed by atoms with Gasteiger partial charge in [-0.15, -0.1) is 0 Å². The van der Waals surface area contributed by atoms with Crippen molar-refractivity contribution in [3.05, 3.63) is 0 Å². The van der Waals surface area contributed by atoms with E-state index in [2.05, 4.69) is 20.8 Å². The molecule has 2 nitrogen and oxygen atoms in total. The van der Waals surface area contributed by atoms with Crippen LogP contribution in [0.15, 0.2) is 0 Å². The third kappa shape index (κ3) is 4.01. The Bertz CT molecular complexity index is 389. The molecular weight excluding hydrogens is 296 g/mol. The second-order valence-electron chi connectivity index (χ2n) is 10.0. The molecule has 3 rings (SSSR count). The fraction of sp³-hybridized carbons (Fsp3) is 1.00. The Morgan fingerprint density at radius 3 is 1.75 bits per heavy atom. The summed E-state index contributed by atoms with van der Waals surface area (Å²) >= 11 is 0. The number of aliphatic hydroxyl groups is 2. The number of aliphatic hydroxyl groups excluding tert-OH is 2. The topological polar surface area (TPSA) is 40.5 Å². The van der Waals surface area contributed by atoms with Gasteiger partial charge in [-0.25, -0.2) is 0 Å². The maximum absolute atomic E-state index is 9.85. The molecule has 3 aliphatic carbocycles. The lowest BCUT2D eigenvalue weighted by atomic mass is 9.56. The molecule has 0 aromatic carbocycles. The molecule has 3 saturated carbocycles. The largest absolute Gasteiger partial charge is 0.393 e. The Balaban J connectivity index is 1.63. The summed E-state index contributed by atoms with van der Waals surface area (Å²) in [5, 5.41) is 19.7. The highest BCUT2D eigenvalue weighted by Crippen LogP contribution is 2.52. The normalized spacial score (nSPS) is 45.1. The summed E-state index contributed by atoms with van der Waals surface area (Å²) in [6.07, 6.45) is 13.2. The van der Waals surface area contributed by atoms with E-state index in [1.54, 1.807) is 0 Å². The number of rotatable bonds is 3. The van der Waals surface area contributed by atoms with E-state index in [-0.39, 0.29) is 12.2 Å². The maximum atomic E-state index is 9.85. The van der Waals surface area contributed by atoms with Crippen molar-refractivity contribution in [2.45, 2.75) is 104 Å². The van der Waals surface area contributed by atoms with E-state index in [1.807, 2.05) is 0 Å². The molecule has 0 spiro atoms. The van der Waals surface area contributed by atoms with Crippen molar-refractivity contribution in [3.8, 4) is 0 Å². The van der Waals surface area contributed by atoms with Gasteiger partial charge in [-0.05, 0) is 99.2 Å². The molecular formula is C22H40O2. The van der Waals surface area contributed by atoms with Crippen molar-refractivity contribution in [2.24, 2.45) is 35.0 Å². The lowest BCUT2D eigenvalue weighted by Gasteiger charge is -2.50. The van der Waals surface area contributed by atoms with Crippen molar-refractivity contribution in [1.29, 1.82) is 0 Å². The second kappa shape index (κ2) is 7.66. The summed E-state index contributed by atoms with van der Waals surface area (Å²) in [5.74, 6) is 4.25. The molecule has 2 heteroatoms. The number of hydrogen-bond donors (Lipinski definition) is 2. The van der Waals surface area contributed by atoms with Crippen molar-refractivity contribution < 1.29 is 10.2 Å². The Morgan fingerprint density at radius 2 is 1.17 bits per heavy atom. The molecule has 3 fully saturated rings. The van der Waals surface area contributed by atoms with Crippen LogP contribution in [0, 0.1) is 35.0 Å². The zero-order valence-electron chi connectivity index (χ0n) is 16.2. The van der Waals surface area contributed by atoms with E-state index < -0.39 is 0 Å². The van der Waals surface area contributed by atoms with E-state index in [0.717, 1.165) is 55.3 Å². The molecule has 0 bridgehead atoms. The first kappa shape index (κ1) is 18.7. The van der Waals surface area contributed by atoms with Crippen LogP contribution in [0.5, 0.6) is 0 Å². The number of hydrogen-bond acceptors (Lipinski definition) is 2. The van der Waals surface area contributed by atoms with Crippen molar-refractivity contribution in [3.63, 3.8) is 0 Å². The van der Waals surface area contributed by atoms with Crippen LogP contribution in [-0.4, -0.2) is 22.4 Å². The summed E-state index contributed by atoms with van der Waals surface area (Å²) in [5.41, 5.74) is 0.423. The molecule has 3 aliphatic rings. The van der Waals surface area contributed by atoms with Gasteiger partial charge in [0, 0.05) is 0 Å². The molecule has 0 aliphatic heterocycles. The molecule has 24 heavy (non-hydrogen) atoms. The Hall–Kier alpha value is -0.0800. The van der Waals surface area contributed by atoms with Crippen LogP contribution in [0.1, 0.15) is 91.4 Å². The van der Waals surface area contributed by atoms with Gasteiger partial charge in [-0.3, -0.25) is 0 Å². The fourth-order valence-corrected chi connectivity index (χ4v) is 6.37. The van der Waals surface area contributed by atoms with Gasteiger partial charge in [0.05, 0.1) is 12.2 Å². The van der Waals surface area contributed by atoms with Gasteiger partial charge in [-0.1, -0.05) is 27.2 Å². The van der Waals surface area contributed by atoms with Gasteiger partial charge in [0.2, 0.25) is 0 Å². The average Bonchev–Trinajstić information content (AvgIpc) is 2.56. The van der Waals surface area contributed by atoms with E-state index >= 15 is 0 Å². The first-order chi connectivity index (χ1) is 11.4. The molecule has 0 heterocycles. The fourth-order valence-electron chi connectivity index (χ4n) is 6.37. The van der Waals surface area contributed by atoms with Crippen LogP contribution < -0.4 is 0 Å². The van der Waals surface area contributed by atoms with Crippen molar-refractivity contribution in [2.75, 3.05) is 0 Å².